The lowest BCUT2D eigenvalue weighted by atomic mass is 9.84. The highest BCUT2D eigenvalue weighted by molar-refractivity contribution is 5.67. The van der Waals surface area contributed by atoms with Gasteiger partial charge in [-0.1, -0.05) is 50.1 Å². The molecule has 1 aromatic rings. The summed E-state index contributed by atoms with van der Waals surface area (Å²) in [4.78, 5) is 18.0. The monoisotopic (exact) mass is 379 g/mol. The Morgan fingerprint density at radius 2 is 1.93 bits per heavy atom. The van der Waals surface area contributed by atoms with Crippen molar-refractivity contribution in [3.8, 4) is 0 Å². The highest BCUT2D eigenvalue weighted by Gasteiger charge is 2.24. The van der Waals surface area contributed by atoms with Gasteiger partial charge in [0, 0.05) is 19.0 Å². The molecule has 152 valence electrons. The van der Waals surface area contributed by atoms with Gasteiger partial charge in [-0.2, -0.15) is 4.98 Å². The Kier molecular flexibility index (Phi) is 7.64. The summed E-state index contributed by atoms with van der Waals surface area (Å²) in [5, 5.41) is 22.9. The second kappa shape index (κ2) is 10.2. The molecule has 1 saturated carbocycles. The van der Waals surface area contributed by atoms with E-state index in [2.05, 4.69) is 15.0 Å². The van der Waals surface area contributed by atoms with Crippen LogP contribution in [-0.4, -0.2) is 50.4 Å². The fourth-order valence-corrected chi connectivity index (χ4v) is 4.43. The van der Waals surface area contributed by atoms with Crippen LogP contribution in [0.25, 0.3) is 0 Å². The van der Waals surface area contributed by atoms with Crippen LogP contribution in [0.1, 0.15) is 88.3 Å². The quantitative estimate of drug-likeness (QED) is 0.679. The van der Waals surface area contributed by atoms with Crippen molar-refractivity contribution in [2.24, 2.45) is 5.92 Å². The van der Waals surface area contributed by atoms with Crippen molar-refractivity contribution in [2.75, 3.05) is 13.1 Å². The molecule has 2 N–H and O–H groups in total. The number of hydrogen-bond donors (Lipinski definition) is 2. The SMILES string of the molecule is O=C(O)CC(CCCC1CCCCC1)c1nc(CN2CCC(O)CC2)no1. The molecule has 1 aliphatic carbocycles. The molecule has 0 radical (unpaired) electrons. The molecular formula is C20H33N3O4. The fourth-order valence-electron chi connectivity index (χ4n) is 4.43. The Morgan fingerprint density at radius 1 is 1.19 bits per heavy atom. The number of rotatable bonds is 9. The number of aliphatic carboxylic acids is 1. The van der Waals surface area contributed by atoms with Gasteiger partial charge in [-0.05, 0) is 25.2 Å². The Balaban J connectivity index is 1.51. The summed E-state index contributed by atoms with van der Waals surface area (Å²) in [6.45, 7) is 2.24. The van der Waals surface area contributed by atoms with E-state index in [0.29, 0.717) is 18.3 Å². The van der Waals surface area contributed by atoms with E-state index >= 15 is 0 Å². The van der Waals surface area contributed by atoms with Crippen molar-refractivity contribution in [3.63, 3.8) is 0 Å². The minimum atomic E-state index is -0.817. The van der Waals surface area contributed by atoms with Crippen LogP contribution >= 0.6 is 0 Å². The topological polar surface area (TPSA) is 99.7 Å². The Bertz CT molecular complexity index is 578. The molecule has 1 atom stereocenters. The third kappa shape index (κ3) is 6.57. The van der Waals surface area contributed by atoms with Gasteiger partial charge in [-0.15, -0.1) is 0 Å². The molecule has 0 aromatic carbocycles. The first kappa shape index (κ1) is 20.3. The molecule has 2 aliphatic rings. The number of carboxylic acid groups (broad SMARTS) is 1. The van der Waals surface area contributed by atoms with Gasteiger partial charge >= 0.3 is 5.97 Å². The zero-order valence-electron chi connectivity index (χ0n) is 16.2. The molecule has 1 aliphatic heterocycles. The maximum Gasteiger partial charge on any atom is 0.304 e. The zero-order valence-corrected chi connectivity index (χ0v) is 16.2. The number of piperidine rings is 1. The number of carboxylic acids is 1. The highest BCUT2D eigenvalue weighted by atomic mass is 16.5. The van der Waals surface area contributed by atoms with Crippen LogP contribution in [-0.2, 0) is 11.3 Å². The van der Waals surface area contributed by atoms with Gasteiger partial charge in [0.1, 0.15) is 0 Å². The first-order valence-corrected chi connectivity index (χ1v) is 10.5. The summed E-state index contributed by atoms with van der Waals surface area (Å²) in [6.07, 6.45) is 11.0. The van der Waals surface area contributed by atoms with Gasteiger partial charge in [-0.3, -0.25) is 9.69 Å². The molecule has 27 heavy (non-hydrogen) atoms. The van der Waals surface area contributed by atoms with Gasteiger partial charge in [0.05, 0.1) is 19.1 Å². The third-order valence-electron chi connectivity index (χ3n) is 6.07. The van der Waals surface area contributed by atoms with Crippen LogP contribution in [0.3, 0.4) is 0 Å². The molecule has 7 nitrogen and oxygen atoms in total. The summed E-state index contributed by atoms with van der Waals surface area (Å²) >= 11 is 0. The second-order valence-corrected chi connectivity index (χ2v) is 8.29. The van der Waals surface area contributed by atoms with Crippen LogP contribution in [0, 0.1) is 5.92 Å². The lowest BCUT2D eigenvalue weighted by molar-refractivity contribution is -0.137. The van der Waals surface area contributed by atoms with E-state index in [9.17, 15) is 15.0 Å². The molecule has 1 unspecified atom stereocenters. The molecule has 0 spiro atoms. The van der Waals surface area contributed by atoms with Crippen molar-refractivity contribution in [3.05, 3.63) is 11.7 Å². The van der Waals surface area contributed by atoms with Crippen LogP contribution in [0.4, 0.5) is 0 Å². The first-order valence-electron chi connectivity index (χ1n) is 10.5. The van der Waals surface area contributed by atoms with Crippen LogP contribution in [0.2, 0.25) is 0 Å². The standard InChI is InChI=1S/C20H33N3O4/c24-17-9-11-23(12-10-17)14-18-21-20(27-22-18)16(13-19(25)26)8-4-7-15-5-2-1-3-6-15/h15-17,24H,1-14H2,(H,25,26). The Hall–Kier alpha value is -1.47. The summed E-state index contributed by atoms with van der Waals surface area (Å²) < 4.78 is 5.43. The third-order valence-corrected chi connectivity index (χ3v) is 6.07. The Labute approximate surface area is 161 Å². The predicted octanol–water partition coefficient (Wildman–Crippen LogP) is 3.34. The van der Waals surface area contributed by atoms with E-state index in [1.165, 1.54) is 38.5 Å². The van der Waals surface area contributed by atoms with Gasteiger partial charge in [0.2, 0.25) is 5.89 Å². The van der Waals surface area contributed by atoms with Crippen molar-refractivity contribution < 1.29 is 19.5 Å². The van der Waals surface area contributed by atoms with Crippen molar-refractivity contribution in [2.45, 2.75) is 89.2 Å². The van der Waals surface area contributed by atoms with E-state index in [1.54, 1.807) is 0 Å². The van der Waals surface area contributed by atoms with Gasteiger partial charge in [0.15, 0.2) is 5.82 Å². The maximum atomic E-state index is 11.3. The van der Waals surface area contributed by atoms with Crippen LogP contribution in [0.5, 0.6) is 0 Å². The number of aliphatic hydroxyl groups excluding tert-OH is 1. The molecule has 0 bridgehead atoms. The van der Waals surface area contributed by atoms with Crippen molar-refractivity contribution in [1.29, 1.82) is 0 Å². The fraction of sp³-hybridized carbons (Fsp3) is 0.850. The number of nitrogens with zero attached hydrogens (tertiary/aromatic N) is 3. The molecule has 0 amide bonds. The predicted molar refractivity (Wildman–Crippen MR) is 100 cm³/mol. The van der Waals surface area contributed by atoms with E-state index in [4.69, 9.17) is 4.52 Å². The molecule has 1 aromatic heterocycles. The summed E-state index contributed by atoms with van der Waals surface area (Å²) in [5.41, 5.74) is 0. The van der Waals surface area contributed by atoms with Crippen molar-refractivity contribution >= 4 is 5.97 Å². The van der Waals surface area contributed by atoms with E-state index in [1.807, 2.05) is 0 Å². The first-order chi connectivity index (χ1) is 13.1. The van der Waals surface area contributed by atoms with Crippen LogP contribution in [0.15, 0.2) is 4.52 Å². The maximum absolute atomic E-state index is 11.3. The lowest BCUT2D eigenvalue weighted by Gasteiger charge is -2.28. The number of aromatic nitrogens is 2. The number of aliphatic hydroxyl groups is 1. The molecule has 3 rings (SSSR count). The summed E-state index contributed by atoms with van der Waals surface area (Å²) in [6, 6.07) is 0. The average Bonchev–Trinajstić information content (AvgIpc) is 3.12. The molecular weight excluding hydrogens is 346 g/mol. The largest absolute Gasteiger partial charge is 0.481 e. The highest BCUT2D eigenvalue weighted by Crippen LogP contribution is 2.31. The molecule has 2 fully saturated rings. The number of carbonyl (C=O) groups is 1. The Morgan fingerprint density at radius 3 is 2.63 bits per heavy atom. The summed E-state index contributed by atoms with van der Waals surface area (Å²) in [5.74, 6) is 0.868. The molecule has 7 heteroatoms. The number of likely N-dealkylation sites (tertiary alicyclic amines) is 1. The minimum absolute atomic E-state index is 0.0439. The molecule has 2 heterocycles. The van der Waals surface area contributed by atoms with E-state index < -0.39 is 5.97 Å². The van der Waals surface area contributed by atoms with E-state index in [-0.39, 0.29) is 18.4 Å². The van der Waals surface area contributed by atoms with Gasteiger partial charge in [-0.25, -0.2) is 0 Å². The smallest absolute Gasteiger partial charge is 0.304 e. The van der Waals surface area contributed by atoms with Crippen molar-refractivity contribution in [1.82, 2.24) is 15.0 Å². The molecule has 1 saturated heterocycles. The normalized spacial score (nSPS) is 21.4. The minimum Gasteiger partial charge on any atom is -0.481 e. The van der Waals surface area contributed by atoms with E-state index in [0.717, 1.165) is 44.7 Å². The second-order valence-electron chi connectivity index (χ2n) is 8.29. The van der Waals surface area contributed by atoms with Gasteiger partial charge in [0.25, 0.3) is 0 Å². The van der Waals surface area contributed by atoms with Gasteiger partial charge < -0.3 is 14.7 Å². The lowest BCUT2D eigenvalue weighted by Crippen LogP contribution is -2.35. The summed E-state index contributed by atoms with van der Waals surface area (Å²) in [7, 11) is 0. The average molecular weight is 380 g/mol. The van der Waals surface area contributed by atoms with Crippen LogP contribution < -0.4 is 0 Å². The zero-order chi connectivity index (χ0) is 19.1. The number of hydrogen-bond acceptors (Lipinski definition) is 6.